The van der Waals surface area contributed by atoms with Gasteiger partial charge in [-0.15, -0.1) is 0 Å². The SMILES string of the molecule is COC(=O)c1ccccc1Nc1c(-c2ccc3[nH]c(=O)[nH]c(=O)c3c2)c(C)nn1-c1ccccc1. The van der Waals surface area contributed by atoms with Gasteiger partial charge in [0.1, 0.15) is 5.82 Å². The van der Waals surface area contributed by atoms with Gasteiger partial charge in [0.2, 0.25) is 0 Å². The molecule has 0 bridgehead atoms. The minimum Gasteiger partial charge on any atom is -0.465 e. The molecule has 35 heavy (non-hydrogen) atoms. The van der Waals surface area contributed by atoms with Gasteiger partial charge in [0.05, 0.1) is 40.6 Å². The molecule has 0 fully saturated rings. The van der Waals surface area contributed by atoms with Crippen LogP contribution in [0.25, 0.3) is 27.7 Å². The van der Waals surface area contributed by atoms with Gasteiger partial charge in [-0.05, 0) is 48.9 Å². The van der Waals surface area contributed by atoms with Crippen molar-refractivity contribution in [2.24, 2.45) is 0 Å². The molecule has 0 saturated carbocycles. The van der Waals surface area contributed by atoms with Crippen molar-refractivity contribution in [1.82, 2.24) is 19.7 Å². The smallest absolute Gasteiger partial charge is 0.339 e. The average molecular weight is 467 g/mol. The Morgan fingerprint density at radius 3 is 2.49 bits per heavy atom. The zero-order valence-electron chi connectivity index (χ0n) is 19.0. The zero-order valence-corrected chi connectivity index (χ0v) is 19.0. The number of H-pyrrole nitrogens is 2. The van der Waals surface area contributed by atoms with Crippen LogP contribution < -0.4 is 16.6 Å². The first-order chi connectivity index (χ1) is 17.0. The molecule has 5 rings (SSSR count). The molecule has 0 radical (unpaired) electrons. The summed E-state index contributed by atoms with van der Waals surface area (Å²) in [5.74, 6) is 0.128. The van der Waals surface area contributed by atoms with Crippen LogP contribution in [0.5, 0.6) is 0 Å². The summed E-state index contributed by atoms with van der Waals surface area (Å²) in [5.41, 5.74) is 3.26. The number of anilines is 2. The first-order valence-electron chi connectivity index (χ1n) is 10.8. The van der Waals surface area contributed by atoms with Crippen molar-refractivity contribution in [3.63, 3.8) is 0 Å². The molecule has 3 aromatic carbocycles. The summed E-state index contributed by atoms with van der Waals surface area (Å²) >= 11 is 0. The second-order valence-electron chi connectivity index (χ2n) is 7.89. The summed E-state index contributed by atoms with van der Waals surface area (Å²) < 4.78 is 6.70. The monoisotopic (exact) mass is 467 g/mol. The molecule has 0 aliphatic rings. The molecule has 0 aliphatic heterocycles. The van der Waals surface area contributed by atoms with Crippen LogP contribution in [0.4, 0.5) is 11.5 Å². The Balaban J connectivity index is 1.75. The highest BCUT2D eigenvalue weighted by Gasteiger charge is 2.21. The molecule has 2 aromatic heterocycles. The summed E-state index contributed by atoms with van der Waals surface area (Å²) in [6.07, 6.45) is 0. The van der Waals surface area contributed by atoms with Gasteiger partial charge in [-0.3, -0.25) is 9.78 Å². The molecule has 5 aromatic rings. The van der Waals surface area contributed by atoms with Crippen LogP contribution in [-0.4, -0.2) is 32.8 Å². The van der Waals surface area contributed by atoms with E-state index in [0.717, 1.165) is 11.3 Å². The van der Waals surface area contributed by atoms with Crippen molar-refractivity contribution in [1.29, 1.82) is 0 Å². The molecule has 174 valence electrons. The molecule has 0 unspecified atom stereocenters. The lowest BCUT2D eigenvalue weighted by Gasteiger charge is -2.15. The van der Waals surface area contributed by atoms with Gasteiger partial charge in [0.25, 0.3) is 5.56 Å². The van der Waals surface area contributed by atoms with E-state index in [4.69, 9.17) is 9.84 Å². The van der Waals surface area contributed by atoms with E-state index < -0.39 is 17.2 Å². The van der Waals surface area contributed by atoms with Crippen molar-refractivity contribution < 1.29 is 9.53 Å². The lowest BCUT2D eigenvalue weighted by atomic mass is 10.0. The fourth-order valence-electron chi connectivity index (χ4n) is 4.07. The van der Waals surface area contributed by atoms with E-state index in [1.54, 1.807) is 35.0 Å². The summed E-state index contributed by atoms with van der Waals surface area (Å²) in [6.45, 7) is 1.87. The number of rotatable bonds is 5. The Bertz CT molecular complexity index is 1680. The summed E-state index contributed by atoms with van der Waals surface area (Å²) in [7, 11) is 1.33. The molecule has 0 spiro atoms. The zero-order chi connectivity index (χ0) is 24.5. The second-order valence-corrected chi connectivity index (χ2v) is 7.89. The van der Waals surface area contributed by atoms with Crippen molar-refractivity contribution in [3.05, 3.63) is 105 Å². The lowest BCUT2D eigenvalue weighted by molar-refractivity contribution is 0.0602. The Kier molecular flexibility index (Phi) is 5.50. The number of hydrogen-bond donors (Lipinski definition) is 3. The van der Waals surface area contributed by atoms with Crippen molar-refractivity contribution in [2.75, 3.05) is 12.4 Å². The van der Waals surface area contributed by atoms with Crippen molar-refractivity contribution in [3.8, 4) is 16.8 Å². The molecule has 0 atom stereocenters. The maximum atomic E-state index is 12.5. The van der Waals surface area contributed by atoms with Gasteiger partial charge >= 0.3 is 11.7 Å². The van der Waals surface area contributed by atoms with E-state index in [0.29, 0.717) is 39.2 Å². The normalized spacial score (nSPS) is 10.9. The summed E-state index contributed by atoms with van der Waals surface area (Å²) in [4.78, 5) is 41.4. The largest absolute Gasteiger partial charge is 0.465 e. The molecule has 0 aliphatic carbocycles. The number of esters is 1. The lowest BCUT2D eigenvalue weighted by Crippen LogP contribution is -2.21. The van der Waals surface area contributed by atoms with E-state index in [2.05, 4.69) is 15.3 Å². The third-order valence-electron chi connectivity index (χ3n) is 5.67. The van der Waals surface area contributed by atoms with Gasteiger partial charge in [0.15, 0.2) is 0 Å². The molecule has 3 N–H and O–H groups in total. The Morgan fingerprint density at radius 2 is 1.71 bits per heavy atom. The molecule has 0 amide bonds. The topological polar surface area (TPSA) is 122 Å². The Morgan fingerprint density at radius 1 is 0.971 bits per heavy atom. The van der Waals surface area contributed by atoms with E-state index >= 15 is 0 Å². The number of fused-ring (bicyclic) bond motifs is 1. The molecular weight excluding hydrogens is 446 g/mol. The summed E-state index contributed by atoms with van der Waals surface area (Å²) in [6, 6.07) is 21.8. The van der Waals surface area contributed by atoms with Crippen LogP contribution in [-0.2, 0) is 4.74 Å². The van der Waals surface area contributed by atoms with Crippen LogP contribution in [0.15, 0.2) is 82.4 Å². The fourth-order valence-corrected chi connectivity index (χ4v) is 4.07. The average Bonchev–Trinajstić information content (AvgIpc) is 3.19. The highest BCUT2D eigenvalue weighted by atomic mass is 16.5. The number of ether oxygens (including phenoxy) is 1. The van der Waals surface area contributed by atoms with E-state index in [1.807, 2.05) is 49.4 Å². The first-order valence-corrected chi connectivity index (χ1v) is 10.8. The molecular formula is C26H21N5O4. The number of hydrogen-bond acceptors (Lipinski definition) is 6. The minimum atomic E-state index is -0.565. The third-order valence-corrected chi connectivity index (χ3v) is 5.67. The molecule has 2 heterocycles. The van der Waals surface area contributed by atoms with E-state index in [9.17, 15) is 14.4 Å². The van der Waals surface area contributed by atoms with Gasteiger partial charge in [0, 0.05) is 5.56 Å². The third kappa shape index (κ3) is 3.99. The first kappa shape index (κ1) is 21.9. The number of aryl methyl sites for hydroxylation is 1. The summed E-state index contributed by atoms with van der Waals surface area (Å²) in [5, 5.41) is 8.47. The number of carbonyl (C=O) groups is 1. The number of carbonyl (C=O) groups excluding carboxylic acids is 1. The van der Waals surface area contributed by atoms with Crippen LogP contribution in [0, 0.1) is 6.92 Å². The van der Waals surface area contributed by atoms with E-state index in [1.165, 1.54) is 7.11 Å². The van der Waals surface area contributed by atoms with Crippen LogP contribution in [0.3, 0.4) is 0 Å². The number of aromatic nitrogens is 4. The number of methoxy groups -OCH3 is 1. The predicted octanol–water partition coefficient (Wildman–Crippen LogP) is 3.91. The van der Waals surface area contributed by atoms with Crippen LogP contribution in [0.1, 0.15) is 16.1 Å². The maximum absolute atomic E-state index is 12.5. The maximum Gasteiger partial charge on any atom is 0.339 e. The Hall–Kier alpha value is -4.92. The van der Waals surface area contributed by atoms with Crippen molar-refractivity contribution >= 4 is 28.4 Å². The second kappa shape index (κ2) is 8.79. The van der Waals surface area contributed by atoms with Gasteiger partial charge in [-0.1, -0.05) is 36.4 Å². The van der Waals surface area contributed by atoms with Gasteiger partial charge in [-0.25, -0.2) is 14.3 Å². The number of aromatic amines is 2. The predicted molar refractivity (Wildman–Crippen MR) is 134 cm³/mol. The standard InChI is InChI=1S/C26H21N5O4/c1-15-22(16-12-13-21-19(14-16)24(32)29-26(34)28-21)23(31(30-15)17-8-4-3-5-9-17)27-20-11-7-6-10-18(20)25(33)35-2/h3-14,27H,1-2H3,(H2,28,29,32,34). The van der Waals surface area contributed by atoms with Crippen LogP contribution >= 0.6 is 0 Å². The minimum absolute atomic E-state index is 0.342. The highest BCUT2D eigenvalue weighted by molar-refractivity contribution is 5.97. The molecule has 9 heteroatoms. The number of nitrogens with zero attached hydrogens (tertiary/aromatic N) is 2. The van der Waals surface area contributed by atoms with Gasteiger partial charge in [-0.2, -0.15) is 5.10 Å². The quantitative estimate of drug-likeness (QED) is 0.337. The molecule has 9 nitrogen and oxygen atoms in total. The van der Waals surface area contributed by atoms with Gasteiger partial charge < -0.3 is 15.0 Å². The number of para-hydroxylation sites is 2. The van der Waals surface area contributed by atoms with E-state index in [-0.39, 0.29) is 0 Å². The Labute approximate surface area is 199 Å². The fraction of sp³-hybridized carbons (Fsp3) is 0.0769. The van der Waals surface area contributed by atoms with Crippen LogP contribution in [0.2, 0.25) is 0 Å². The molecule has 0 saturated heterocycles. The number of benzene rings is 3. The van der Waals surface area contributed by atoms with Crippen molar-refractivity contribution in [2.45, 2.75) is 6.92 Å². The number of nitrogens with one attached hydrogen (secondary N) is 3. The highest BCUT2D eigenvalue weighted by Crippen LogP contribution is 2.36.